The van der Waals surface area contributed by atoms with Gasteiger partial charge in [0.25, 0.3) is 5.91 Å². The molecule has 7 nitrogen and oxygen atoms in total. The van der Waals surface area contributed by atoms with Crippen molar-refractivity contribution in [1.29, 1.82) is 0 Å². The second-order valence-corrected chi connectivity index (χ2v) is 6.69. The highest BCUT2D eigenvalue weighted by Crippen LogP contribution is 2.30. The minimum atomic E-state index is -0.834. The molecule has 152 valence electrons. The number of carbonyl (C=O) groups excluding carboxylic acids is 2. The average molecular weight is 417 g/mol. The van der Waals surface area contributed by atoms with Crippen molar-refractivity contribution >= 4 is 34.4 Å². The molecule has 1 atom stereocenters. The first-order valence-electron chi connectivity index (χ1n) is 9.08. The number of fused-ring (bicyclic) bond motifs is 1. The molecule has 0 spiro atoms. The number of hydrazine groups is 1. The molecule has 0 saturated carbocycles. The Morgan fingerprint density at radius 3 is 2.45 bits per heavy atom. The van der Waals surface area contributed by atoms with Crippen LogP contribution in [-0.2, 0) is 4.79 Å². The first-order valence-corrected chi connectivity index (χ1v) is 9.45. The number of amides is 2. The van der Waals surface area contributed by atoms with Crippen LogP contribution in [0.25, 0.3) is 11.0 Å². The van der Waals surface area contributed by atoms with Gasteiger partial charge in [0.1, 0.15) is 11.5 Å². The fourth-order valence-corrected chi connectivity index (χ4v) is 2.95. The van der Waals surface area contributed by atoms with Crippen LogP contribution in [0.5, 0.6) is 11.5 Å². The molecule has 0 radical (unpaired) electrons. The highest BCUT2D eigenvalue weighted by molar-refractivity contribution is 6.35. The Kier molecular flexibility index (Phi) is 6.29. The molecular formula is C21H21ClN2O5. The Bertz CT molecular complexity index is 1030. The predicted molar refractivity (Wildman–Crippen MR) is 109 cm³/mol. The van der Waals surface area contributed by atoms with Gasteiger partial charge in [0.15, 0.2) is 17.4 Å². The van der Waals surface area contributed by atoms with Gasteiger partial charge in [-0.05, 0) is 51.1 Å². The summed E-state index contributed by atoms with van der Waals surface area (Å²) in [6, 6.07) is 12.2. The van der Waals surface area contributed by atoms with E-state index in [9.17, 15) is 9.59 Å². The standard InChI is InChI=1S/C21H21ClN2O5/c1-4-27-14-8-10-15(11-9-14)28-13(3)20(25)23-24-21(26)18-12(2)16-6-5-7-17(22)19(16)29-18/h5-11,13H,4H2,1-3H3,(H,23,25)(H,24,26). The number of hydrogen-bond acceptors (Lipinski definition) is 5. The molecule has 29 heavy (non-hydrogen) atoms. The number of ether oxygens (including phenoxy) is 2. The summed E-state index contributed by atoms with van der Waals surface area (Å²) < 4.78 is 16.5. The lowest BCUT2D eigenvalue weighted by molar-refractivity contribution is -0.128. The molecule has 0 saturated heterocycles. The van der Waals surface area contributed by atoms with Gasteiger partial charge < -0.3 is 13.9 Å². The Hall–Kier alpha value is -3.19. The van der Waals surface area contributed by atoms with Gasteiger partial charge >= 0.3 is 5.91 Å². The van der Waals surface area contributed by atoms with Crippen LogP contribution < -0.4 is 20.3 Å². The van der Waals surface area contributed by atoms with Crippen LogP contribution in [0.2, 0.25) is 5.02 Å². The van der Waals surface area contributed by atoms with Gasteiger partial charge in [-0.25, -0.2) is 0 Å². The van der Waals surface area contributed by atoms with Gasteiger partial charge in [0.2, 0.25) is 0 Å². The Morgan fingerprint density at radius 1 is 1.10 bits per heavy atom. The number of furan rings is 1. The normalized spacial score (nSPS) is 11.7. The molecule has 0 fully saturated rings. The number of para-hydroxylation sites is 1. The Balaban J connectivity index is 1.59. The number of carbonyl (C=O) groups is 2. The number of hydrogen-bond donors (Lipinski definition) is 2. The molecule has 3 aromatic rings. The van der Waals surface area contributed by atoms with Gasteiger partial charge in [-0.15, -0.1) is 0 Å². The van der Waals surface area contributed by atoms with E-state index in [4.69, 9.17) is 25.5 Å². The van der Waals surface area contributed by atoms with Crippen LogP contribution in [0.15, 0.2) is 46.9 Å². The molecule has 1 aromatic heterocycles. The summed E-state index contributed by atoms with van der Waals surface area (Å²) in [6.45, 7) is 5.78. The molecular weight excluding hydrogens is 396 g/mol. The summed E-state index contributed by atoms with van der Waals surface area (Å²) in [6.07, 6.45) is -0.834. The topological polar surface area (TPSA) is 89.8 Å². The van der Waals surface area contributed by atoms with E-state index < -0.39 is 17.9 Å². The van der Waals surface area contributed by atoms with Crippen molar-refractivity contribution < 1.29 is 23.5 Å². The van der Waals surface area contributed by atoms with Crippen molar-refractivity contribution in [3.63, 3.8) is 0 Å². The lowest BCUT2D eigenvalue weighted by atomic mass is 10.1. The van der Waals surface area contributed by atoms with Crippen molar-refractivity contribution in [3.8, 4) is 11.5 Å². The van der Waals surface area contributed by atoms with Gasteiger partial charge in [0.05, 0.1) is 11.6 Å². The van der Waals surface area contributed by atoms with E-state index in [0.717, 1.165) is 5.39 Å². The zero-order valence-electron chi connectivity index (χ0n) is 16.2. The van der Waals surface area contributed by atoms with E-state index in [1.807, 2.05) is 13.0 Å². The summed E-state index contributed by atoms with van der Waals surface area (Å²) in [4.78, 5) is 24.6. The number of benzene rings is 2. The molecule has 2 N–H and O–H groups in total. The third kappa shape index (κ3) is 4.63. The molecule has 0 aliphatic rings. The third-order valence-corrected chi connectivity index (χ3v) is 4.54. The highest BCUT2D eigenvalue weighted by Gasteiger charge is 2.21. The maximum Gasteiger partial charge on any atom is 0.305 e. The SMILES string of the molecule is CCOc1ccc(OC(C)C(=O)NNC(=O)c2oc3c(Cl)cccc3c2C)cc1. The van der Waals surface area contributed by atoms with Crippen LogP contribution in [0.1, 0.15) is 30.0 Å². The molecule has 3 rings (SSSR count). The quantitative estimate of drug-likeness (QED) is 0.592. The number of rotatable bonds is 6. The second-order valence-electron chi connectivity index (χ2n) is 6.28. The van der Waals surface area contributed by atoms with Crippen LogP contribution >= 0.6 is 11.6 Å². The van der Waals surface area contributed by atoms with Crippen molar-refractivity contribution in [2.45, 2.75) is 26.9 Å². The van der Waals surface area contributed by atoms with Crippen molar-refractivity contribution in [3.05, 3.63) is 58.8 Å². The first-order chi connectivity index (χ1) is 13.9. The summed E-state index contributed by atoms with van der Waals surface area (Å²) in [5.74, 6) is 0.194. The lowest BCUT2D eigenvalue weighted by Crippen LogP contribution is -2.47. The van der Waals surface area contributed by atoms with Crippen molar-refractivity contribution in [1.82, 2.24) is 10.9 Å². The summed E-state index contributed by atoms with van der Waals surface area (Å²) in [5.41, 5.74) is 5.73. The molecule has 1 heterocycles. The van der Waals surface area contributed by atoms with E-state index in [-0.39, 0.29) is 5.76 Å². The largest absolute Gasteiger partial charge is 0.494 e. The van der Waals surface area contributed by atoms with Crippen LogP contribution in [0.3, 0.4) is 0 Å². The highest BCUT2D eigenvalue weighted by atomic mass is 35.5. The average Bonchev–Trinajstić information content (AvgIpc) is 3.06. The van der Waals surface area contributed by atoms with Crippen molar-refractivity contribution in [2.24, 2.45) is 0 Å². The van der Waals surface area contributed by atoms with E-state index in [0.29, 0.717) is 34.3 Å². The maximum atomic E-state index is 12.4. The number of aryl methyl sites for hydroxylation is 1. The van der Waals surface area contributed by atoms with Crippen LogP contribution in [0, 0.1) is 6.92 Å². The second kappa shape index (κ2) is 8.87. The maximum absolute atomic E-state index is 12.4. The fraction of sp³-hybridized carbons (Fsp3) is 0.238. The molecule has 0 bridgehead atoms. The monoisotopic (exact) mass is 416 g/mol. The molecule has 2 aromatic carbocycles. The molecule has 0 aliphatic carbocycles. The summed E-state index contributed by atoms with van der Waals surface area (Å²) in [7, 11) is 0. The minimum Gasteiger partial charge on any atom is -0.494 e. The van der Waals surface area contributed by atoms with Gasteiger partial charge in [-0.3, -0.25) is 20.4 Å². The molecule has 0 aliphatic heterocycles. The van der Waals surface area contributed by atoms with E-state index in [1.54, 1.807) is 50.2 Å². The van der Waals surface area contributed by atoms with E-state index in [1.165, 1.54) is 0 Å². The predicted octanol–water partition coefficient (Wildman–Crippen LogP) is 4.02. The third-order valence-electron chi connectivity index (χ3n) is 4.24. The van der Waals surface area contributed by atoms with E-state index >= 15 is 0 Å². The summed E-state index contributed by atoms with van der Waals surface area (Å²) in [5, 5.41) is 1.15. The van der Waals surface area contributed by atoms with Gasteiger partial charge in [0, 0.05) is 10.9 Å². The zero-order chi connectivity index (χ0) is 21.0. The number of nitrogens with one attached hydrogen (secondary N) is 2. The smallest absolute Gasteiger partial charge is 0.305 e. The Labute approximate surface area is 172 Å². The molecule has 8 heteroatoms. The van der Waals surface area contributed by atoms with Gasteiger partial charge in [-0.2, -0.15) is 0 Å². The Morgan fingerprint density at radius 2 is 1.79 bits per heavy atom. The van der Waals surface area contributed by atoms with Crippen molar-refractivity contribution in [2.75, 3.05) is 6.61 Å². The lowest BCUT2D eigenvalue weighted by Gasteiger charge is -2.15. The summed E-state index contributed by atoms with van der Waals surface area (Å²) >= 11 is 6.10. The van der Waals surface area contributed by atoms with Gasteiger partial charge in [-0.1, -0.05) is 23.7 Å². The van der Waals surface area contributed by atoms with E-state index in [2.05, 4.69) is 10.9 Å². The fourth-order valence-electron chi connectivity index (χ4n) is 2.74. The minimum absolute atomic E-state index is 0.0773. The molecule has 2 amide bonds. The molecule has 1 unspecified atom stereocenters. The zero-order valence-corrected chi connectivity index (χ0v) is 17.0. The first kappa shape index (κ1) is 20.5. The van der Waals surface area contributed by atoms with Crippen LogP contribution in [-0.4, -0.2) is 24.5 Å². The van der Waals surface area contributed by atoms with Crippen LogP contribution in [0.4, 0.5) is 0 Å². The number of halogens is 1.